The normalized spacial score (nSPS) is 12.6. The monoisotopic (exact) mass is 419 g/mol. The van der Waals surface area contributed by atoms with Crippen LogP contribution in [0, 0.1) is 0 Å². The Morgan fingerprint density at radius 3 is 2.68 bits per heavy atom. The van der Waals surface area contributed by atoms with Crippen LogP contribution in [0.2, 0.25) is 0 Å². The molecule has 0 aliphatic rings. The van der Waals surface area contributed by atoms with E-state index < -0.39 is 18.3 Å². The zero-order chi connectivity index (χ0) is 15.8. The van der Waals surface area contributed by atoms with Crippen LogP contribution < -0.4 is 15.8 Å². The Labute approximate surface area is 141 Å². The zero-order valence-corrected chi connectivity index (χ0v) is 14.1. The van der Waals surface area contributed by atoms with Gasteiger partial charge in [-0.3, -0.25) is 4.79 Å². The number of hydrogen-bond acceptors (Lipinski definition) is 5. The van der Waals surface area contributed by atoms with Crippen LogP contribution in [0.25, 0.3) is 10.2 Å². The number of carbonyl (C=O) groups excluding carboxylic acids is 1. The number of halogens is 5. The summed E-state index contributed by atoms with van der Waals surface area (Å²) >= 11 is 4.14. The molecule has 22 heavy (non-hydrogen) atoms. The van der Waals surface area contributed by atoms with Gasteiger partial charge in [-0.15, -0.1) is 25.6 Å². The van der Waals surface area contributed by atoms with E-state index in [0.717, 1.165) is 17.4 Å². The van der Waals surface area contributed by atoms with Crippen molar-refractivity contribution in [1.29, 1.82) is 0 Å². The van der Waals surface area contributed by atoms with Crippen LogP contribution in [0.3, 0.4) is 0 Å². The van der Waals surface area contributed by atoms with E-state index in [4.69, 9.17) is 5.73 Å². The Morgan fingerprint density at radius 2 is 2.14 bits per heavy atom. The summed E-state index contributed by atoms with van der Waals surface area (Å²) in [4.78, 5) is 15.6. The molecule has 0 saturated carbocycles. The molecule has 122 valence electrons. The summed E-state index contributed by atoms with van der Waals surface area (Å²) < 4.78 is 41.3. The predicted molar refractivity (Wildman–Crippen MR) is 83.5 cm³/mol. The number of nitrogens with two attached hydrogens (primary N) is 1. The number of amides is 1. The van der Waals surface area contributed by atoms with E-state index >= 15 is 0 Å². The molecule has 1 amide bonds. The third kappa shape index (κ3) is 4.70. The lowest BCUT2D eigenvalue weighted by atomic mass is 10.3. The molecule has 1 aromatic carbocycles. The van der Waals surface area contributed by atoms with Gasteiger partial charge in [0.25, 0.3) is 0 Å². The molecule has 2 rings (SSSR count). The summed E-state index contributed by atoms with van der Waals surface area (Å²) in [7, 11) is 0. The fraction of sp³-hybridized carbons (Fsp3) is 0.273. The van der Waals surface area contributed by atoms with Crippen LogP contribution >= 0.6 is 39.7 Å². The van der Waals surface area contributed by atoms with Gasteiger partial charge in [-0.05, 0) is 28.9 Å². The van der Waals surface area contributed by atoms with Gasteiger partial charge < -0.3 is 15.8 Å². The molecule has 0 saturated heterocycles. The van der Waals surface area contributed by atoms with Crippen LogP contribution in [0.15, 0.2) is 16.6 Å². The van der Waals surface area contributed by atoms with Crippen LogP contribution in [0.1, 0.15) is 6.92 Å². The minimum atomic E-state index is -4.77. The molecule has 11 heteroatoms. The van der Waals surface area contributed by atoms with Gasteiger partial charge in [0.15, 0.2) is 5.13 Å². The van der Waals surface area contributed by atoms with E-state index in [-0.39, 0.29) is 23.3 Å². The second kappa shape index (κ2) is 6.99. The quantitative estimate of drug-likeness (QED) is 0.794. The second-order valence-corrected chi connectivity index (χ2v) is 5.98. The standard InChI is InChI=1S/C11H9BrF3N3O2S.ClH/c1-4(16)9(19)18-10-17-8-6(12)2-5(3-7(8)21-10)20-11(13,14)15;/h2-4H,16H2,1H3,(H,17,18,19);1H. The first-order valence-electron chi connectivity index (χ1n) is 5.58. The Kier molecular flexibility index (Phi) is 6.02. The third-order valence-corrected chi connectivity index (χ3v) is 3.82. The van der Waals surface area contributed by atoms with Crippen LogP contribution in [0.4, 0.5) is 18.3 Å². The molecular weight excluding hydrogens is 411 g/mol. The molecule has 0 spiro atoms. The minimum absolute atomic E-state index is 0. The van der Waals surface area contributed by atoms with Crippen molar-refractivity contribution in [2.75, 3.05) is 5.32 Å². The fourth-order valence-electron chi connectivity index (χ4n) is 1.43. The predicted octanol–water partition coefficient (Wildman–Crippen LogP) is 3.66. The molecule has 0 aliphatic heterocycles. The van der Waals surface area contributed by atoms with Gasteiger partial charge in [0.05, 0.1) is 16.3 Å². The number of rotatable bonds is 3. The van der Waals surface area contributed by atoms with Gasteiger partial charge >= 0.3 is 6.36 Å². The molecular formula is C11H10BrClF3N3O2S. The molecule has 1 heterocycles. The summed E-state index contributed by atoms with van der Waals surface area (Å²) in [5.74, 6) is -0.799. The first-order valence-corrected chi connectivity index (χ1v) is 7.19. The Morgan fingerprint density at radius 1 is 1.50 bits per heavy atom. The molecule has 3 N–H and O–H groups in total. The molecule has 1 unspecified atom stereocenters. The molecule has 2 aromatic rings. The number of nitrogens with zero attached hydrogens (tertiary/aromatic N) is 1. The van der Waals surface area contributed by atoms with E-state index in [2.05, 4.69) is 31.0 Å². The topological polar surface area (TPSA) is 77.2 Å². The SMILES string of the molecule is CC(N)C(=O)Nc1nc2c(Br)cc(OC(F)(F)F)cc2s1.Cl. The van der Waals surface area contributed by atoms with E-state index in [9.17, 15) is 18.0 Å². The molecule has 5 nitrogen and oxygen atoms in total. The Hall–Kier alpha value is -1.10. The lowest BCUT2D eigenvalue weighted by molar-refractivity contribution is -0.274. The number of ether oxygens (including phenoxy) is 1. The third-order valence-electron chi connectivity index (χ3n) is 2.30. The Bertz CT molecular complexity index is 693. The lowest BCUT2D eigenvalue weighted by Gasteiger charge is -2.08. The minimum Gasteiger partial charge on any atom is -0.406 e. The highest BCUT2D eigenvalue weighted by atomic mass is 79.9. The number of hydrogen-bond donors (Lipinski definition) is 2. The van der Waals surface area contributed by atoms with Gasteiger partial charge in [-0.1, -0.05) is 11.3 Å². The molecule has 0 bridgehead atoms. The van der Waals surface area contributed by atoms with Crippen molar-refractivity contribution >= 4 is 60.9 Å². The van der Waals surface area contributed by atoms with Crippen molar-refractivity contribution in [2.45, 2.75) is 19.3 Å². The number of fused-ring (bicyclic) bond motifs is 1. The van der Waals surface area contributed by atoms with Crippen molar-refractivity contribution < 1.29 is 22.7 Å². The zero-order valence-electron chi connectivity index (χ0n) is 10.9. The maximum Gasteiger partial charge on any atom is 0.573 e. The van der Waals surface area contributed by atoms with Crippen LogP contribution in [0.5, 0.6) is 5.75 Å². The van der Waals surface area contributed by atoms with Crippen molar-refractivity contribution in [1.82, 2.24) is 4.98 Å². The summed E-state index contributed by atoms with van der Waals surface area (Å²) in [6.07, 6.45) is -4.77. The molecule has 0 radical (unpaired) electrons. The van der Waals surface area contributed by atoms with E-state index in [1.54, 1.807) is 0 Å². The lowest BCUT2D eigenvalue weighted by Crippen LogP contribution is -2.32. The second-order valence-electron chi connectivity index (χ2n) is 4.10. The average Bonchev–Trinajstić information content (AvgIpc) is 2.69. The molecule has 0 fully saturated rings. The first-order chi connectivity index (χ1) is 9.65. The Balaban J connectivity index is 0.00000242. The average molecular weight is 421 g/mol. The highest BCUT2D eigenvalue weighted by Gasteiger charge is 2.31. The van der Waals surface area contributed by atoms with Crippen molar-refractivity contribution in [3.8, 4) is 5.75 Å². The summed E-state index contributed by atoms with van der Waals surface area (Å²) in [6.45, 7) is 1.51. The number of carbonyl (C=O) groups is 1. The maximum atomic E-state index is 12.2. The number of thiazole rings is 1. The number of nitrogens with one attached hydrogen (secondary N) is 1. The number of benzene rings is 1. The summed E-state index contributed by atoms with van der Waals surface area (Å²) in [5.41, 5.74) is 5.84. The van der Waals surface area contributed by atoms with E-state index in [1.165, 1.54) is 13.0 Å². The molecule has 1 aromatic heterocycles. The fourth-order valence-corrected chi connectivity index (χ4v) is 3.01. The van der Waals surface area contributed by atoms with Crippen molar-refractivity contribution in [3.05, 3.63) is 16.6 Å². The smallest absolute Gasteiger partial charge is 0.406 e. The number of anilines is 1. The van der Waals surface area contributed by atoms with Gasteiger partial charge in [0.2, 0.25) is 5.91 Å². The largest absolute Gasteiger partial charge is 0.573 e. The molecule has 1 atom stereocenters. The van der Waals surface area contributed by atoms with E-state index in [1.807, 2.05) is 0 Å². The van der Waals surface area contributed by atoms with Gasteiger partial charge in [0.1, 0.15) is 5.75 Å². The van der Waals surface area contributed by atoms with Gasteiger partial charge in [0, 0.05) is 10.5 Å². The highest BCUT2D eigenvalue weighted by molar-refractivity contribution is 9.10. The summed E-state index contributed by atoms with van der Waals surface area (Å²) in [6, 6.07) is 1.64. The van der Waals surface area contributed by atoms with Crippen LogP contribution in [-0.4, -0.2) is 23.3 Å². The maximum absolute atomic E-state index is 12.2. The van der Waals surface area contributed by atoms with E-state index in [0.29, 0.717) is 14.7 Å². The summed E-state index contributed by atoms with van der Waals surface area (Å²) in [5, 5.41) is 2.73. The number of aromatic nitrogens is 1. The van der Waals surface area contributed by atoms with Gasteiger partial charge in [-0.25, -0.2) is 4.98 Å². The first kappa shape index (κ1) is 18.9. The van der Waals surface area contributed by atoms with Crippen molar-refractivity contribution in [2.24, 2.45) is 5.73 Å². The van der Waals surface area contributed by atoms with Crippen LogP contribution in [-0.2, 0) is 4.79 Å². The van der Waals surface area contributed by atoms with Crippen molar-refractivity contribution in [3.63, 3.8) is 0 Å². The highest BCUT2D eigenvalue weighted by Crippen LogP contribution is 2.36. The molecule has 0 aliphatic carbocycles. The number of alkyl halides is 3. The van der Waals surface area contributed by atoms with Gasteiger partial charge in [-0.2, -0.15) is 0 Å².